The summed E-state index contributed by atoms with van der Waals surface area (Å²) in [6, 6.07) is 3.60. The third-order valence-corrected chi connectivity index (χ3v) is 6.94. The Hall–Kier alpha value is -2.59. The van der Waals surface area contributed by atoms with E-state index in [0.29, 0.717) is 5.75 Å². The number of ether oxygens (including phenoxy) is 1. The van der Waals surface area contributed by atoms with Gasteiger partial charge in [0.1, 0.15) is 23.2 Å². The van der Waals surface area contributed by atoms with Crippen LogP contribution in [0.2, 0.25) is 0 Å². The van der Waals surface area contributed by atoms with Crippen LogP contribution < -0.4 is 4.74 Å². The molecule has 0 aromatic heterocycles. The van der Waals surface area contributed by atoms with Crippen molar-refractivity contribution in [3.8, 4) is 11.5 Å². The average Bonchev–Trinajstić information content (AvgIpc) is 2.78. The third kappa shape index (κ3) is 9.46. The average molecular weight is 495 g/mol. The van der Waals surface area contributed by atoms with Crippen LogP contribution in [-0.4, -0.2) is 27.7 Å². The number of hydrogen-bond donors (Lipinski definition) is 2. The first-order valence-corrected chi connectivity index (χ1v) is 13.3. The van der Waals surface area contributed by atoms with E-state index < -0.39 is 6.10 Å². The SMILES string of the molecule is CC(C)=CC(=O)[C@@H](O)/C(C)=C/CC/C(C)=C/CC/C(C)=C/CC[C@]1(C)CCc2cc(O)cc(C)c2O1. The van der Waals surface area contributed by atoms with Crippen molar-refractivity contribution in [3.63, 3.8) is 0 Å². The predicted octanol–water partition coefficient (Wildman–Crippen LogP) is 7.86. The number of carbonyl (C=O) groups excluding carboxylic acids is 1. The number of benzene rings is 1. The van der Waals surface area contributed by atoms with Gasteiger partial charge in [-0.15, -0.1) is 0 Å². The molecule has 36 heavy (non-hydrogen) atoms. The van der Waals surface area contributed by atoms with Crippen LogP contribution in [0.3, 0.4) is 0 Å². The molecular weight excluding hydrogens is 448 g/mol. The molecule has 2 rings (SSSR count). The Kier molecular flexibility index (Phi) is 11.2. The minimum atomic E-state index is -1.04. The van der Waals surface area contributed by atoms with E-state index >= 15 is 0 Å². The van der Waals surface area contributed by atoms with E-state index in [1.165, 1.54) is 17.2 Å². The molecule has 1 aromatic carbocycles. The largest absolute Gasteiger partial charge is 0.508 e. The number of aryl methyl sites for hydroxylation is 2. The maximum Gasteiger partial charge on any atom is 0.188 e. The zero-order valence-electron chi connectivity index (χ0n) is 23.4. The number of phenolic OH excluding ortho intramolecular Hbond substituents is 1. The van der Waals surface area contributed by atoms with Crippen molar-refractivity contribution in [1.82, 2.24) is 0 Å². The number of ketones is 1. The third-order valence-electron chi connectivity index (χ3n) is 6.94. The van der Waals surface area contributed by atoms with Gasteiger partial charge in [-0.3, -0.25) is 4.79 Å². The Morgan fingerprint density at radius 2 is 1.64 bits per heavy atom. The highest BCUT2D eigenvalue weighted by molar-refractivity contribution is 5.95. The number of fused-ring (bicyclic) bond motifs is 1. The molecule has 1 aliphatic rings. The van der Waals surface area contributed by atoms with Crippen molar-refractivity contribution >= 4 is 5.78 Å². The molecule has 1 aliphatic heterocycles. The minimum Gasteiger partial charge on any atom is -0.508 e. The van der Waals surface area contributed by atoms with Crippen LogP contribution in [0.25, 0.3) is 0 Å². The molecule has 0 saturated carbocycles. The quantitative estimate of drug-likeness (QED) is 0.229. The molecule has 0 aliphatic carbocycles. The molecule has 4 nitrogen and oxygen atoms in total. The molecule has 0 bridgehead atoms. The van der Waals surface area contributed by atoms with E-state index in [2.05, 4.69) is 32.9 Å². The molecule has 0 unspecified atom stereocenters. The Bertz CT molecular complexity index is 1040. The zero-order valence-corrected chi connectivity index (χ0v) is 23.4. The summed E-state index contributed by atoms with van der Waals surface area (Å²) in [5, 5.41) is 20.0. The Labute approximate surface area is 218 Å². The van der Waals surface area contributed by atoms with Crippen LogP contribution in [0.4, 0.5) is 0 Å². The smallest absolute Gasteiger partial charge is 0.188 e. The first-order valence-electron chi connectivity index (χ1n) is 13.3. The van der Waals surface area contributed by atoms with Gasteiger partial charge in [0.05, 0.1) is 0 Å². The second-order valence-corrected chi connectivity index (χ2v) is 11.0. The Balaban J connectivity index is 1.75. The molecule has 198 valence electrons. The molecule has 0 radical (unpaired) electrons. The summed E-state index contributed by atoms with van der Waals surface area (Å²) in [7, 11) is 0. The van der Waals surface area contributed by atoms with Crippen molar-refractivity contribution in [3.05, 3.63) is 69.9 Å². The Morgan fingerprint density at radius 3 is 2.28 bits per heavy atom. The summed E-state index contributed by atoms with van der Waals surface area (Å²) in [5.74, 6) is 1.02. The van der Waals surface area contributed by atoms with Gasteiger partial charge in [0.25, 0.3) is 0 Å². The first-order chi connectivity index (χ1) is 16.9. The van der Waals surface area contributed by atoms with E-state index in [-0.39, 0.29) is 11.4 Å². The van der Waals surface area contributed by atoms with E-state index in [0.717, 1.165) is 79.4 Å². The second kappa shape index (κ2) is 13.6. The number of hydrogen-bond acceptors (Lipinski definition) is 4. The van der Waals surface area contributed by atoms with Crippen molar-refractivity contribution < 1.29 is 19.7 Å². The van der Waals surface area contributed by atoms with Gasteiger partial charge in [0.2, 0.25) is 0 Å². The lowest BCUT2D eigenvalue weighted by Gasteiger charge is -2.36. The van der Waals surface area contributed by atoms with Crippen LogP contribution in [0.15, 0.2) is 58.7 Å². The van der Waals surface area contributed by atoms with Gasteiger partial charge in [0, 0.05) is 0 Å². The standard InChI is InChI=1S/C32H46O4/c1-22(2)19-29(34)30(35)25(5)15-9-13-23(3)11-8-12-24(4)14-10-17-32(7)18-16-27-21-28(33)20-26(6)31(27)36-32/h11,14-15,19-21,30,33,35H,8-10,12-13,16-18H2,1-7H3/b23-11+,24-14+,25-15+/t30-,32+/m0/s1. The van der Waals surface area contributed by atoms with Gasteiger partial charge in [-0.25, -0.2) is 0 Å². The highest BCUT2D eigenvalue weighted by Gasteiger charge is 2.32. The lowest BCUT2D eigenvalue weighted by Crippen LogP contribution is -2.36. The van der Waals surface area contributed by atoms with E-state index in [4.69, 9.17) is 4.74 Å². The minimum absolute atomic E-state index is 0.169. The monoisotopic (exact) mass is 494 g/mol. The van der Waals surface area contributed by atoms with Crippen LogP contribution >= 0.6 is 0 Å². The molecule has 1 aromatic rings. The van der Waals surface area contributed by atoms with Crippen molar-refractivity contribution in [1.29, 1.82) is 0 Å². The zero-order chi connectivity index (χ0) is 26.9. The second-order valence-electron chi connectivity index (χ2n) is 11.0. The van der Waals surface area contributed by atoms with Crippen molar-refractivity contribution in [2.45, 2.75) is 112 Å². The summed E-state index contributed by atoms with van der Waals surface area (Å²) < 4.78 is 6.41. The van der Waals surface area contributed by atoms with Crippen LogP contribution in [-0.2, 0) is 11.2 Å². The molecular formula is C32H46O4. The van der Waals surface area contributed by atoms with Crippen LogP contribution in [0, 0.1) is 6.92 Å². The highest BCUT2D eigenvalue weighted by Crippen LogP contribution is 2.39. The summed E-state index contributed by atoms with van der Waals surface area (Å²) in [6.07, 6.45) is 14.8. The Morgan fingerprint density at radius 1 is 1.03 bits per heavy atom. The van der Waals surface area contributed by atoms with Gasteiger partial charge in [0.15, 0.2) is 5.78 Å². The van der Waals surface area contributed by atoms with E-state index in [9.17, 15) is 15.0 Å². The maximum atomic E-state index is 12.0. The molecule has 2 N–H and O–H groups in total. The molecule has 0 fully saturated rings. The fourth-order valence-electron chi connectivity index (χ4n) is 4.63. The fourth-order valence-corrected chi connectivity index (χ4v) is 4.63. The first kappa shape index (κ1) is 29.6. The number of aliphatic hydroxyl groups is 1. The number of aromatic hydroxyl groups is 1. The van der Waals surface area contributed by atoms with E-state index in [1.54, 1.807) is 6.07 Å². The van der Waals surface area contributed by atoms with Crippen molar-refractivity contribution in [2.75, 3.05) is 0 Å². The number of phenols is 1. The van der Waals surface area contributed by atoms with Gasteiger partial charge in [-0.2, -0.15) is 0 Å². The molecule has 2 atom stereocenters. The summed E-state index contributed by atoms with van der Waals surface area (Å²) in [6.45, 7) is 14.1. The maximum absolute atomic E-state index is 12.0. The number of aliphatic hydroxyl groups excluding tert-OH is 1. The topological polar surface area (TPSA) is 66.8 Å². The lowest BCUT2D eigenvalue weighted by molar-refractivity contribution is -0.120. The van der Waals surface area contributed by atoms with Crippen LogP contribution in [0.1, 0.15) is 97.6 Å². The van der Waals surface area contributed by atoms with E-state index in [1.807, 2.05) is 39.8 Å². The number of carbonyl (C=O) groups is 1. The fraction of sp³-hybridized carbons (Fsp3) is 0.531. The van der Waals surface area contributed by atoms with Crippen molar-refractivity contribution in [2.24, 2.45) is 0 Å². The van der Waals surface area contributed by atoms with Gasteiger partial charge in [-0.1, -0.05) is 34.9 Å². The van der Waals surface area contributed by atoms with Gasteiger partial charge < -0.3 is 14.9 Å². The normalized spacial score (nSPS) is 19.4. The molecule has 4 heteroatoms. The molecule has 0 saturated heterocycles. The van der Waals surface area contributed by atoms with Gasteiger partial charge >= 0.3 is 0 Å². The summed E-state index contributed by atoms with van der Waals surface area (Å²) in [4.78, 5) is 12.0. The number of allylic oxidation sites excluding steroid dienone is 6. The molecule has 0 spiro atoms. The highest BCUT2D eigenvalue weighted by atomic mass is 16.5. The van der Waals surface area contributed by atoms with Gasteiger partial charge in [-0.05, 0) is 135 Å². The summed E-state index contributed by atoms with van der Waals surface area (Å²) in [5.41, 5.74) is 6.29. The summed E-state index contributed by atoms with van der Waals surface area (Å²) >= 11 is 0. The lowest BCUT2D eigenvalue weighted by atomic mass is 9.87. The molecule has 0 amide bonds. The number of rotatable bonds is 12. The van der Waals surface area contributed by atoms with Crippen LogP contribution in [0.5, 0.6) is 11.5 Å². The predicted molar refractivity (Wildman–Crippen MR) is 150 cm³/mol. The molecule has 1 heterocycles.